The number of hydrogen-bond donors (Lipinski definition) is 0. The average Bonchev–Trinajstić information content (AvgIpc) is 2.94. The van der Waals surface area contributed by atoms with Crippen LogP contribution in [0.15, 0.2) is 0 Å². The Kier molecular flexibility index (Phi) is 7.18. The highest BCUT2D eigenvalue weighted by molar-refractivity contribution is 8.22. The van der Waals surface area contributed by atoms with Gasteiger partial charge in [0.05, 0.1) is 19.0 Å². The summed E-state index contributed by atoms with van der Waals surface area (Å²) in [5, 5.41) is 0. The number of likely N-dealkylation sites (tertiary alicyclic amines) is 1. The Morgan fingerprint density at radius 1 is 1.19 bits per heavy atom. The Balaban J connectivity index is 1.71. The van der Waals surface area contributed by atoms with Crippen LogP contribution >= 0.6 is 24.0 Å². The second kappa shape index (κ2) is 8.64. The normalized spacial score (nSPS) is 21.4. The van der Waals surface area contributed by atoms with Gasteiger partial charge in [0.1, 0.15) is 4.32 Å². The van der Waals surface area contributed by atoms with Crippen molar-refractivity contribution < 1.29 is 18.9 Å². The lowest BCUT2D eigenvalue weighted by molar-refractivity contribution is -0.180. The third-order valence-electron chi connectivity index (χ3n) is 3.65. The zero-order chi connectivity index (χ0) is 15.1. The van der Waals surface area contributed by atoms with Gasteiger partial charge < -0.3 is 23.8 Å². The van der Waals surface area contributed by atoms with E-state index >= 15 is 0 Å². The molecule has 0 aliphatic carbocycles. The van der Waals surface area contributed by atoms with Crippen LogP contribution in [0.1, 0.15) is 26.7 Å². The van der Waals surface area contributed by atoms with Gasteiger partial charge in [-0.2, -0.15) is 0 Å². The van der Waals surface area contributed by atoms with Gasteiger partial charge in [0.2, 0.25) is 0 Å². The molecule has 2 heterocycles. The third kappa shape index (κ3) is 5.04. The van der Waals surface area contributed by atoms with Gasteiger partial charge in [-0.1, -0.05) is 24.0 Å². The summed E-state index contributed by atoms with van der Waals surface area (Å²) in [7, 11) is 0. The molecule has 7 heteroatoms. The monoisotopic (exact) mass is 335 g/mol. The van der Waals surface area contributed by atoms with E-state index in [1.165, 1.54) is 0 Å². The van der Waals surface area contributed by atoms with Crippen molar-refractivity contribution in [3.8, 4) is 0 Å². The smallest absolute Gasteiger partial charge is 0.171 e. The first-order valence-electron chi connectivity index (χ1n) is 7.62. The predicted molar refractivity (Wildman–Crippen MR) is 87.5 cm³/mol. The molecule has 0 amide bonds. The van der Waals surface area contributed by atoms with Crippen LogP contribution in [-0.2, 0) is 18.9 Å². The van der Waals surface area contributed by atoms with Gasteiger partial charge >= 0.3 is 0 Å². The highest BCUT2D eigenvalue weighted by atomic mass is 32.2. The number of ether oxygens (including phenoxy) is 4. The van der Waals surface area contributed by atoms with Gasteiger partial charge in [-0.15, -0.1) is 0 Å². The van der Waals surface area contributed by atoms with Gasteiger partial charge in [-0.3, -0.25) is 0 Å². The van der Waals surface area contributed by atoms with Crippen LogP contribution in [0.5, 0.6) is 0 Å². The third-order valence-corrected chi connectivity index (χ3v) is 5.20. The average molecular weight is 335 g/mol. The largest absolute Gasteiger partial charge is 0.357 e. The second-order valence-corrected chi connectivity index (χ2v) is 6.67. The van der Waals surface area contributed by atoms with E-state index in [0.29, 0.717) is 26.4 Å². The van der Waals surface area contributed by atoms with Gasteiger partial charge in [0.25, 0.3) is 0 Å². The number of nitrogens with zero attached hydrogens (tertiary/aromatic N) is 1. The molecule has 0 bridgehead atoms. The first-order valence-corrected chi connectivity index (χ1v) is 9.01. The Hall–Kier alpha value is 0.0800. The van der Waals surface area contributed by atoms with Crippen LogP contribution < -0.4 is 0 Å². The summed E-state index contributed by atoms with van der Waals surface area (Å²) in [6.45, 7) is 8.45. The van der Waals surface area contributed by atoms with Gasteiger partial charge in [0, 0.05) is 39.1 Å². The maximum atomic E-state index is 5.73. The minimum absolute atomic E-state index is 0.180. The fourth-order valence-corrected chi connectivity index (χ4v) is 3.79. The molecule has 2 aliphatic heterocycles. The van der Waals surface area contributed by atoms with Crippen molar-refractivity contribution in [3.05, 3.63) is 0 Å². The highest BCUT2D eigenvalue weighted by Gasteiger charge is 2.40. The summed E-state index contributed by atoms with van der Waals surface area (Å²) >= 11 is 7.15. The number of rotatable bonds is 6. The van der Waals surface area contributed by atoms with E-state index in [4.69, 9.17) is 31.2 Å². The standard InChI is InChI=1S/C14H25NO4S2/c1-3-16-12(17-4-2)11-21-13(20)15-7-5-14(6-8-15)18-9-10-19-14/h12H,3-11H2,1-2H3. The van der Waals surface area contributed by atoms with E-state index < -0.39 is 0 Å². The lowest BCUT2D eigenvalue weighted by Crippen LogP contribution is -2.46. The van der Waals surface area contributed by atoms with E-state index in [9.17, 15) is 0 Å². The van der Waals surface area contributed by atoms with Crippen molar-refractivity contribution in [3.63, 3.8) is 0 Å². The zero-order valence-corrected chi connectivity index (χ0v) is 14.5. The maximum absolute atomic E-state index is 5.73. The molecule has 2 saturated heterocycles. The SMILES string of the molecule is CCOC(CSC(=S)N1CCC2(CC1)OCCO2)OCC. The number of thiocarbonyl (C=S) groups is 1. The molecule has 0 radical (unpaired) electrons. The Morgan fingerprint density at radius 2 is 1.76 bits per heavy atom. The summed E-state index contributed by atoms with van der Waals surface area (Å²) in [4.78, 5) is 2.23. The van der Waals surface area contributed by atoms with Crippen LogP contribution in [0.25, 0.3) is 0 Å². The molecule has 0 unspecified atom stereocenters. The number of thioether (sulfide) groups is 1. The fourth-order valence-electron chi connectivity index (χ4n) is 2.56. The Bertz CT molecular complexity index is 321. The van der Waals surface area contributed by atoms with Crippen molar-refractivity contribution in [1.82, 2.24) is 4.90 Å². The van der Waals surface area contributed by atoms with Crippen molar-refractivity contribution in [2.75, 3.05) is 45.3 Å². The second-order valence-electron chi connectivity index (χ2n) is 5.01. The molecule has 0 aromatic heterocycles. The summed E-state index contributed by atoms with van der Waals surface area (Å²) in [5.41, 5.74) is 0. The van der Waals surface area contributed by atoms with Crippen LogP contribution in [0.4, 0.5) is 0 Å². The van der Waals surface area contributed by atoms with Crippen molar-refractivity contribution in [2.45, 2.75) is 38.8 Å². The lowest BCUT2D eigenvalue weighted by atomic mass is 10.0. The molecule has 0 aromatic carbocycles. The topological polar surface area (TPSA) is 40.2 Å². The molecule has 0 saturated carbocycles. The van der Waals surface area contributed by atoms with E-state index in [1.54, 1.807) is 11.8 Å². The number of hydrogen-bond acceptors (Lipinski definition) is 6. The highest BCUT2D eigenvalue weighted by Crippen LogP contribution is 2.32. The van der Waals surface area contributed by atoms with Gasteiger partial charge in [-0.05, 0) is 13.8 Å². The minimum Gasteiger partial charge on any atom is -0.357 e. The first-order chi connectivity index (χ1) is 10.2. The molecule has 2 aliphatic rings. The van der Waals surface area contributed by atoms with E-state index in [-0.39, 0.29) is 12.1 Å². The minimum atomic E-state index is -0.337. The molecule has 0 N–H and O–H groups in total. The molecule has 0 atom stereocenters. The molecular weight excluding hydrogens is 310 g/mol. The molecule has 2 rings (SSSR count). The number of piperidine rings is 1. The molecule has 21 heavy (non-hydrogen) atoms. The fraction of sp³-hybridized carbons (Fsp3) is 0.929. The maximum Gasteiger partial charge on any atom is 0.171 e. The summed E-state index contributed by atoms with van der Waals surface area (Å²) < 4.78 is 23.4. The van der Waals surface area contributed by atoms with E-state index in [0.717, 1.165) is 36.0 Å². The van der Waals surface area contributed by atoms with Crippen LogP contribution in [0.2, 0.25) is 0 Å². The molecule has 2 fully saturated rings. The van der Waals surface area contributed by atoms with Crippen LogP contribution in [-0.4, -0.2) is 66.6 Å². The molecule has 0 aromatic rings. The predicted octanol–water partition coefficient (Wildman–Crippen LogP) is 2.24. The molecular formula is C14H25NO4S2. The summed E-state index contributed by atoms with van der Waals surface area (Å²) in [5.74, 6) is 0.394. The summed E-state index contributed by atoms with van der Waals surface area (Å²) in [6, 6.07) is 0. The lowest BCUT2D eigenvalue weighted by Gasteiger charge is -2.38. The van der Waals surface area contributed by atoms with Crippen LogP contribution in [0.3, 0.4) is 0 Å². The Labute approximate surface area is 136 Å². The quantitative estimate of drug-likeness (QED) is 0.544. The zero-order valence-electron chi connectivity index (χ0n) is 12.8. The first kappa shape index (κ1) is 17.4. The summed E-state index contributed by atoms with van der Waals surface area (Å²) in [6.07, 6.45) is 1.59. The molecule has 122 valence electrons. The van der Waals surface area contributed by atoms with Crippen LogP contribution in [0, 0.1) is 0 Å². The van der Waals surface area contributed by atoms with Crippen molar-refractivity contribution in [2.24, 2.45) is 0 Å². The molecule has 5 nitrogen and oxygen atoms in total. The molecule has 1 spiro atoms. The van der Waals surface area contributed by atoms with Crippen molar-refractivity contribution in [1.29, 1.82) is 0 Å². The van der Waals surface area contributed by atoms with Gasteiger partial charge in [0.15, 0.2) is 12.1 Å². The van der Waals surface area contributed by atoms with E-state index in [2.05, 4.69) is 4.90 Å². The van der Waals surface area contributed by atoms with Crippen molar-refractivity contribution >= 4 is 28.3 Å². The van der Waals surface area contributed by atoms with Gasteiger partial charge in [-0.25, -0.2) is 0 Å². The Morgan fingerprint density at radius 3 is 2.29 bits per heavy atom. The van der Waals surface area contributed by atoms with E-state index in [1.807, 2.05) is 13.8 Å².